The zero-order valence-electron chi connectivity index (χ0n) is 17.6. The monoisotopic (exact) mass is 432 g/mol. The predicted octanol–water partition coefficient (Wildman–Crippen LogP) is 4.16. The average Bonchev–Trinajstić information content (AvgIpc) is 3.04. The van der Waals surface area contributed by atoms with Crippen molar-refractivity contribution in [2.24, 2.45) is 0 Å². The van der Waals surface area contributed by atoms with Crippen molar-refractivity contribution in [3.63, 3.8) is 0 Å². The number of benzene rings is 2. The Bertz CT molecular complexity index is 1210. The summed E-state index contributed by atoms with van der Waals surface area (Å²) in [5.74, 6) is -2.67. The quantitative estimate of drug-likeness (QED) is 0.372. The molecule has 32 heavy (non-hydrogen) atoms. The van der Waals surface area contributed by atoms with Gasteiger partial charge in [0, 0.05) is 24.5 Å². The average molecular weight is 432 g/mol. The van der Waals surface area contributed by atoms with E-state index in [1.807, 2.05) is 31.2 Å². The van der Waals surface area contributed by atoms with Crippen molar-refractivity contribution in [2.75, 3.05) is 7.11 Å². The van der Waals surface area contributed by atoms with Crippen molar-refractivity contribution in [1.82, 2.24) is 9.88 Å². The smallest absolute Gasteiger partial charge is 0.295 e. The number of likely N-dealkylation sites (tertiary alicyclic amines) is 1. The maximum absolute atomic E-state index is 14.3. The molecule has 1 saturated heterocycles. The number of carbonyl (C=O) groups excluding carboxylic acids is 2. The summed E-state index contributed by atoms with van der Waals surface area (Å²) < 4.78 is 19.2. The van der Waals surface area contributed by atoms with E-state index in [9.17, 15) is 19.1 Å². The summed E-state index contributed by atoms with van der Waals surface area (Å²) in [5, 5.41) is 11.0. The van der Waals surface area contributed by atoms with E-state index in [2.05, 4.69) is 4.98 Å². The number of methoxy groups -OCH3 is 1. The van der Waals surface area contributed by atoms with Crippen LogP contribution in [0.4, 0.5) is 4.39 Å². The molecule has 1 N–H and O–H groups in total. The summed E-state index contributed by atoms with van der Waals surface area (Å²) in [5.41, 5.74) is 2.46. The van der Waals surface area contributed by atoms with Crippen LogP contribution in [0.25, 0.3) is 5.76 Å². The topological polar surface area (TPSA) is 79.7 Å². The molecule has 4 rings (SSSR count). The molecule has 2 heterocycles. The third-order valence-corrected chi connectivity index (χ3v) is 5.46. The fourth-order valence-electron chi connectivity index (χ4n) is 3.79. The molecule has 6 nitrogen and oxygen atoms in total. The predicted molar refractivity (Wildman–Crippen MR) is 116 cm³/mol. The second-order valence-corrected chi connectivity index (χ2v) is 7.54. The molecular weight excluding hydrogens is 411 g/mol. The summed E-state index contributed by atoms with van der Waals surface area (Å²) in [6.45, 7) is 2.08. The van der Waals surface area contributed by atoms with E-state index in [0.29, 0.717) is 5.56 Å². The van der Waals surface area contributed by atoms with Gasteiger partial charge in [-0.1, -0.05) is 29.8 Å². The first kappa shape index (κ1) is 21.2. The third kappa shape index (κ3) is 3.85. The molecule has 1 aliphatic heterocycles. The standard InChI is InChI=1S/C25H21FN2O4/c1-15-3-5-17(6-4-15)22-21(23(29)18-7-8-20(32-2)19(26)13-18)24(30)25(31)28(22)14-16-9-11-27-12-10-16/h3-13,22,29H,14H2,1-2H3. The molecule has 3 aromatic rings. The van der Waals surface area contributed by atoms with Crippen molar-refractivity contribution in [1.29, 1.82) is 0 Å². The molecule has 0 saturated carbocycles. The first-order valence-corrected chi connectivity index (χ1v) is 9.98. The largest absolute Gasteiger partial charge is 0.507 e. The van der Waals surface area contributed by atoms with Gasteiger partial charge in [0.25, 0.3) is 11.7 Å². The van der Waals surface area contributed by atoms with Crippen LogP contribution in [0.1, 0.15) is 28.3 Å². The molecule has 1 aliphatic rings. The number of amides is 1. The van der Waals surface area contributed by atoms with Gasteiger partial charge in [-0.2, -0.15) is 0 Å². The number of aliphatic hydroxyl groups excluding tert-OH is 1. The molecule has 0 bridgehead atoms. The summed E-state index contributed by atoms with van der Waals surface area (Å²) in [4.78, 5) is 31.4. The maximum atomic E-state index is 14.3. The molecule has 7 heteroatoms. The van der Waals surface area contributed by atoms with E-state index in [4.69, 9.17) is 4.74 Å². The highest BCUT2D eigenvalue weighted by Crippen LogP contribution is 2.40. The lowest BCUT2D eigenvalue weighted by Crippen LogP contribution is -2.29. The van der Waals surface area contributed by atoms with Crippen molar-refractivity contribution >= 4 is 17.4 Å². The van der Waals surface area contributed by atoms with E-state index in [0.717, 1.165) is 17.2 Å². The first-order chi connectivity index (χ1) is 15.4. The van der Waals surface area contributed by atoms with E-state index in [1.165, 1.54) is 24.1 Å². The van der Waals surface area contributed by atoms with Crippen LogP contribution in [-0.2, 0) is 16.1 Å². The van der Waals surface area contributed by atoms with Crippen LogP contribution in [0.3, 0.4) is 0 Å². The molecule has 0 spiro atoms. The molecular formula is C25H21FN2O4. The van der Waals surface area contributed by atoms with Gasteiger partial charge < -0.3 is 14.7 Å². The molecule has 0 aliphatic carbocycles. The number of aliphatic hydroxyl groups is 1. The van der Waals surface area contributed by atoms with Gasteiger partial charge in [-0.05, 0) is 48.4 Å². The lowest BCUT2D eigenvalue weighted by molar-refractivity contribution is -0.140. The SMILES string of the molecule is COc1ccc(C(O)=C2C(=O)C(=O)N(Cc3ccncc3)C2c2ccc(C)cc2)cc1F. The lowest BCUT2D eigenvalue weighted by Gasteiger charge is -2.25. The fourth-order valence-corrected chi connectivity index (χ4v) is 3.79. The van der Waals surface area contributed by atoms with Crippen LogP contribution >= 0.6 is 0 Å². The Labute approximate surface area is 184 Å². The number of aromatic nitrogens is 1. The Kier molecular flexibility index (Phi) is 5.73. The zero-order valence-corrected chi connectivity index (χ0v) is 17.6. The number of halogens is 1. The Hall–Kier alpha value is -4.00. The molecule has 0 radical (unpaired) electrons. The normalized spacial score (nSPS) is 17.6. The third-order valence-electron chi connectivity index (χ3n) is 5.46. The van der Waals surface area contributed by atoms with Gasteiger partial charge in [0.15, 0.2) is 11.6 Å². The summed E-state index contributed by atoms with van der Waals surface area (Å²) in [6.07, 6.45) is 3.21. The summed E-state index contributed by atoms with van der Waals surface area (Å²) in [7, 11) is 1.33. The second kappa shape index (κ2) is 8.63. The van der Waals surface area contributed by atoms with E-state index in [1.54, 1.807) is 24.5 Å². The van der Waals surface area contributed by atoms with Crippen LogP contribution in [0.5, 0.6) is 5.75 Å². The molecule has 1 fully saturated rings. The minimum atomic E-state index is -0.825. The Morgan fingerprint density at radius 3 is 2.41 bits per heavy atom. The number of pyridine rings is 1. The number of hydrogen-bond acceptors (Lipinski definition) is 5. The van der Waals surface area contributed by atoms with Crippen molar-refractivity contribution < 1.29 is 23.8 Å². The van der Waals surface area contributed by atoms with Crippen molar-refractivity contribution in [2.45, 2.75) is 19.5 Å². The second-order valence-electron chi connectivity index (χ2n) is 7.54. The highest BCUT2D eigenvalue weighted by atomic mass is 19.1. The summed E-state index contributed by atoms with van der Waals surface area (Å²) in [6, 6.07) is 13.9. The van der Waals surface area contributed by atoms with E-state index < -0.39 is 29.3 Å². The minimum Gasteiger partial charge on any atom is -0.507 e. The van der Waals surface area contributed by atoms with Crippen molar-refractivity contribution in [3.05, 3.63) is 101 Å². The van der Waals surface area contributed by atoms with E-state index in [-0.39, 0.29) is 23.4 Å². The number of nitrogens with zero attached hydrogens (tertiary/aromatic N) is 2. The van der Waals surface area contributed by atoms with Gasteiger partial charge >= 0.3 is 0 Å². The number of carbonyl (C=O) groups is 2. The van der Waals surface area contributed by atoms with Crippen LogP contribution in [0.15, 0.2) is 72.6 Å². The van der Waals surface area contributed by atoms with Crippen LogP contribution in [0, 0.1) is 12.7 Å². The van der Waals surface area contributed by atoms with Gasteiger partial charge in [0.1, 0.15) is 5.76 Å². The number of Topliss-reactive ketones (excluding diaryl/α,β-unsaturated/α-hetero) is 1. The first-order valence-electron chi connectivity index (χ1n) is 9.98. The number of aryl methyl sites for hydroxylation is 1. The van der Waals surface area contributed by atoms with Gasteiger partial charge in [-0.3, -0.25) is 14.6 Å². The highest BCUT2D eigenvalue weighted by Gasteiger charge is 2.46. The molecule has 162 valence electrons. The zero-order chi connectivity index (χ0) is 22.8. The number of rotatable bonds is 5. The van der Waals surface area contributed by atoms with Crippen LogP contribution in [-0.4, -0.2) is 33.8 Å². The van der Waals surface area contributed by atoms with Crippen LogP contribution < -0.4 is 4.74 Å². The highest BCUT2D eigenvalue weighted by molar-refractivity contribution is 6.46. The van der Waals surface area contributed by atoms with E-state index >= 15 is 0 Å². The molecule has 1 aromatic heterocycles. The number of ether oxygens (including phenoxy) is 1. The molecule has 1 unspecified atom stereocenters. The maximum Gasteiger partial charge on any atom is 0.295 e. The molecule has 1 atom stereocenters. The minimum absolute atomic E-state index is 0.00905. The van der Waals surface area contributed by atoms with Gasteiger partial charge in [-0.15, -0.1) is 0 Å². The Morgan fingerprint density at radius 2 is 1.78 bits per heavy atom. The molecule has 2 aromatic carbocycles. The fraction of sp³-hybridized carbons (Fsp3) is 0.160. The van der Waals surface area contributed by atoms with Crippen LogP contribution in [0.2, 0.25) is 0 Å². The summed E-state index contributed by atoms with van der Waals surface area (Å²) >= 11 is 0. The number of ketones is 1. The Morgan fingerprint density at radius 1 is 1.09 bits per heavy atom. The Balaban J connectivity index is 1.86. The molecule has 1 amide bonds. The number of hydrogen-bond donors (Lipinski definition) is 1. The van der Waals surface area contributed by atoms with Gasteiger partial charge in [0.05, 0.1) is 18.7 Å². The van der Waals surface area contributed by atoms with Gasteiger partial charge in [0.2, 0.25) is 0 Å². The lowest BCUT2D eigenvalue weighted by atomic mass is 9.94. The van der Waals surface area contributed by atoms with Gasteiger partial charge in [-0.25, -0.2) is 4.39 Å². The van der Waals surface area contributed by atoms with Crippen molar-refractivity contribution in [3.8, 4) is 5.75 Å².